The molecule has 0 aromatic heterocycles. The van der Waals surface area contributed by atoms with E-state index in [1.807, 2.05) is 18.2 Å². The van der Waals surface area contributed by atoms with E-state index in [1.54, 1.807) is 7.11 Å². The average molecular weight is 226 g/mol. The number of nitrogens with one attached hydrogen (secondary N) is 1. The Labute approximate surface area is 95.6 Å². The number of benzene rings is 1. The third kappa shape index (κ3) is 2.44. The van der Waals surface area contributed by atoms with Crippen molar-refractivity contribution in [3.8, 4) is 5.75 Å². The molecule has 0 spiro atoms. The van der Waals surface area contributed by atoms with Gasteiger partial charge in [-0.3, -0.25) is 0 Å². The van der Waals surface area contributed by atoms with E-state index in [-0.39, 0.29) is 0 Å². The molecule has 1 fully saturated rings. The SMILES string of the molecule is COc1cccc(Cl)c1CC1CCCN1. The second kappa shape index (κ2) is 4.86. The molecule has 0 saturated carbocycles. The summed E-state index contributed by atoms with van der Waals surface area (Å²) in [5.41, 5.74) is 1.13. The Balaban J connectivity index is 2.17. The molecule has 1 N–H and O–H groups in total. The summed E-state index contributed by atoms with van der Waals surface area (Å²) in [4.78, 5) is 0. The molecule has 0 aliphatic carbocycles. The van der Waals surface area contributed by atoms with Gasteiger partial charge >= 0.3 is 0 Å². The molecule has 1 aromatic carbocycles. The smallest absolute Gasteiger partial charge is 0.123 e. The van der Waals surface area contributed by atoms with Crippen LogP contribution < -0.4 is 10.1 Å². The monoisotopic (exact) mass is 225 g/mol. The van der Waals surface area contributed by atoms with Gasteiger partial charge in [0.05, 0.1) is 7.11 Å². The lowest BCUT2D eigenvalue weighted by Gasteiger charge is -2.14. The van der Waals surface area contributed by atoms with E-state index in [1.165, 1.54) is 12.8 Å². The standard InChI is InChI=1S/C12H16ClNO/c1-15-12-6-2-5-11(13)10(12)8-9-4-3-7-14-9/h2,5-6,9,14H,3-4,7-8H2,1H3. The van der Waals surface area contributed by atoms with E-state index >= 15 is 0 Å². The lowest BCUT2D eigenvalue weighted by Crippen LogP contribution is -2.24. The van der Waals surface area contributed by atoms with Crippen LogP contribution in [-0.4, -0.2) is 19.7 Å². The molecule has 1 unspecified atom stereocenters. The number of ether oxygens (including phenoxy) is 1. The quantitative estimate of drug-likeness (QED) is 0.854. The van der Waals surface area contributed by atoms with E-state index in [9.17, 15) is 0 Å². The maximum Gasteiger partial charge on any atom is 0.123 e. The highest BCUT2D eigenvalue weighted by Crippen LogP contribution is 2.28. The third-order valence-electron chi connectivity index (χ3n) is 2.91. The second-order valence-electron chi connectivity index (χ2n) is 3.92. The van der Waals surface area contributed by atoms with Crippen molar-refractivity contribution in [2.75, 3.05) is 13.7 Å². The van der Waals surface area contributed by atoms with Gasteiger partial charge < -0.3 is 10.1 Å². The molecule has 1 aliphatic heterocycles. The molecule has 1 saturated heterocycles. The summed E-state index contributed by atoms with van der Waals surface area (Å²) < 4.78 is 5.32. The zero-order valence-corrected chi connectivity index (χ0v) is 9.68. The molecule has 0 bridgehead atoms. The van der Waals surface area contributed by atoms with Gasteiger partial charge in [0, 0.05) is 16.6 Å². The fourth-order valence-corrected chi connectivity index (χ4v) is 2.35. The average Bonchev–Trinajstić information content (AvgIpc) is 2.74. The van der Waals surface area contributed by atoms with Gasteiger partial charge in [0.1, 0.15) is 5.75 Å². The van der Waals surface area contributed by atoms with Crippen molar-refractivity contribution >= 4 is 11.6 Å². The fraction of sp³-hybridized carbons (Fsp3) is 0.500. The predicted molar refractivity (Wildman–Crippen MR) is 62.7 cm³/mol. The van der Waals surface area contributed by atoms with Gasteiger partial charge in [0.25, 0.3) is 0 Å². The Bertz CT molecular complexity index is 334. The summed E-state index contributed by atoms with van der Waals surface area (Å²) >= 11 is 6.18. The number of methoxy groups -OCH3 is 1. The van der Waals surface area contributed by atoms with Crippen LogP contribution in [0, 0.1) is 0 Å². The van der Waals surface area contributed by atoms with Crippen LogP contribution in [0.4, 0.5) is 0 Å². The van der Waals surface area contributed by atoms with Gasteiger partial charge in [-0.05, 0) is 37.9 Å². The minimum atomic E-state index is 0.554. The Morgan fingerprint density at radius 1 is 1.53 bits per heavy atom. The fourth-order valence-electron chi connectivity index (χ4n) is 2.11. The Morgan fingerprint density at radius 2 is 2.40 bits per heavy atom. The summed E-state index contributed by atoms with van der Waals surface area (Å²) in [6, 6.07) is 6.37. The van der Waals surface area contributed by atoms with Gasteiger partial charge in [-0.15, -0.1) is 0 Å². The van der Waals surface area contributed by atoms with E-state index < -0.39 is 0 Å². The molecule has 15 heavy (non-hydrogen) atoms. The molecule has 0 radical (unpaired) electrons. The molecule has 0 amide bonds. The highest BCUT2D eigenvalue weighted by molar-refractivity contribution is 6.31. The van der Waals surface area contributed by atoms with Crippen LogP contribution in [0.3, 0.4) is 0 Å². The van der Waals surface area contributed by atoms with Crippen molar-refractivity contribution in [1.29, 1.82) is 0 Å². The number of rotatable bonds is 3. The minimum absolute atomic E-state index is 0.554. The van der Waals surface area contributed by atoms with Crippen LogP contribution in [-0.2, 0) is 6.42 Å². The molecule has 82 valence electrons. The van der Waals surface area contributed by atoms with Crippen LogP contribution in [0.25, 0.3) is 0 Å². The first-order valence-electron chi connectivity index (χ1n) is 5.36. The Kier molecular flexibility index (Phi) is 3.49. The van der Waals surface area contributed by atoms with E-state index in [0.717, 1.165) is 29.3 Å². The first-order chi connectivity index (χ1) is 7.31. The molecule has 1 aromatic rings. The van der Waals surface area contributed by atoms with Crippen LogP contribution in [0.1, 0.15) is 18.4 Å². The van der Waals surface area contributed by atoms with Crippen molar-refractivity contribution in [3.63, 3.8) is 0 Å². The van der Waals surface area contributed by atoms with Crippen molar-refractivity contribution in [2.45, 2.75) is 25.3 Å². The van der Waals surface area contributed by atoms with Crippen LogP contribution in [0.2, 0.25) is 5.02 Å². The predicted octanol–water partition coefficient (Wildman–Crippen LogP) is 2.64. The second-order valence-corrected chi connectivity index (χ2v) is 4.33. The minimum Gasteiger partial charge on any atom is -0.496 e. The van der Waals surface area contributed by atoms with Crippen molar-refractivity contribution in [3.05, 3.63) is 28.8 Å². The van der Waals surface area contributed by atoms with Crippen molar-refractivity contribution in [1.82, 2.24) is 5.32 Å². The lowest BCUT2D eigenvalue weighted by molar-refractivity contribution is 0.407. The van der Waals surface area contributed by atoms with Gasteiger partial charge in [-0.2, -0.15) is 0 Å². The number of hydrogen-bond donors (Lipinski definition) is 1. The van der Waals surface area contributed by atoms with Gasteiger partial charge in [0.2, 0.25) is 0 Å². The maximum atomic E-state index is 6.18. The maximum absolute atomic E-state index is 6.18. The third-order valence-corrected chi connectivity index (χ3v) is 3.26. The summed E-state index contributed by atoms with van der Waals surface area (Å²) in [5.74, 6) is 0.899. The van der Waals surface area contributed by atoms with E-state index in [4.69, 9.17) is 16.3 Å². The summed E-state index contributed by atoms with van der Waals surface area (Å²) in [5, 5.41) is 4.28. The Morgan fingerprint density at radius 3 is 3.07 bits per heavy atom. The van der Waals surface area contributed by atoms with Crippen LogP contribution in [0.5, 0.6) is 5.75 Å². The topological polar surface area (TPSA) is 21.3 Å². The normalized spacial score (nSPS) is 20.5. The number of hydrogen-bond acceptors (Lipinski definition) is 2. The van der Waals surface area contributed by atoms with Gasteiger partial charge in [-0.25, -0.2) is 0 Å². The summed E-state index contributed by atoms with van der Waals surface area (Å²) in [7, 11) is 1.69. The molecule has 2 rings (SSSR count). The molecule has 2 nitrogen and oxygen atoms in total. The highest BCUT2D eigenvalue weighted by Gasteiger charge is 2.18. The van der Waals surface area contributed by atoms with Crippen LogP contribution in [0.15, 0.2) is 18.2 Å². The molecule has 1 atom stereocenters. The molecular weight excluding hydrogens is 210 g/mol. The molecule has 3 heteroatoms. The number of halogens is 1. The molecule has 1 heterocycles. The molecule has 1 aliphatic rings. The van der Waals surface area contributed by atoms with Crippen molar-refractivity contribution in [2.24, 2.45) is 0 Å². The van der Waals surface area contributed by atoms with Crippen molar-refractivity contribution < 1.29 is 4.74 Å². The zero-order chi connectivity index (χ0) is 10.7. The summed E-state index contributed by atoms with van der Waals surface area (Å²) in [6.07, 6.45) is 3.45. The first kappa shape index (κ1) is 10.8. The van der Waals surface area contributed by atoms with E-state index in [0.29, 0.717) is 6.04 Å². The van der Waals surface area contributed by atoms with Crippen LogP contribution >= 0.6 is 11.6 Å². The largest absolute Gasteiger partial charge is 0.496 e. The first-order valence-corrected chi connectivity index (χ1v) is 5.74. The zero-order valence-electron chi connectivity index (χ0n) is 8.92. The van der Waals surface area contributed by atoms with Gasteiger partial charge in [0.15, 0.2) is 0 Å². The lowest BCUT2D eigenvalue weighted by atomic mass is 10.0. The van der Waals surface area contributed by atoms with E-state index in [2.05, 4.69) is 5.32 Å². The molecular formula is C12H16ClNO. The van der Waals surface area contributed by atoms with Gasteiger partial charge in [-0.1, -0.05) is 17.7 Å². The Hall–Kier alpha value is -0.730. The summed E-state index contributed by atoms with van der Waals surface area (Å²) in [6.45, 7) is 1.12. The highest BCUT2D eigenvalue weighted by atomic mass is 35.5.